The minimum atomic E-state index is -5.08. The van der Waals surface area contributed by atoms with E-state index >= 15 is 0 Å². The lowest BCUT2D eigenvalue weighted by Gasteiger charge is -2.49. The number of anilines is 1. The molecule has 0 aliphatic carbocycles. The van der Waals surface area contributed by atoms with Crippen LogP contribution in [0.15, 0.2) is 40.7 Å². The molecule has 0 unspecified atom stereocenters. The summed E-state index contributed by atoms with van der Waals surface area (Å²) in [5.74, 6) is -5.58. The molecule has 3 atom stereocenters. The summed E-state index contributed by atoms with van der Waals surface area (Å²) in [4.78, 5) is 70.1. The number of hydrogen-bond acceptors (Lipinski definition) is 13. The van der Waals surface area contributed by atoms with Gasteiger partial charge in [0.2, 0.25) is 11.1 Å². The predicted octanol–water partition coefficient (Wildman–Crippen LogP) is -0.123. The Morgan fingerprint density at radius 3 is 2.34 bits per heavy atom. The van der Waals surface area contributed by atoms with Crippen LogP contribution in [0.5, 0.6) is 0 Å². The number of β-lactam (4-membered cyclic amide) rings is 1. The SMILES string of the molecule is Cn1nnnc1SCC1=C(C(=O)O)N2C(=O)[C@@H](NC(=O)Cc3ccc(NC(=O)OC[C@@H](N)C(=O)O)cc3)[C@@H]2SC1.O=C(O)C(F)(F)F. The lowest BCUT2D eigenvalue weighted by molar-refractivity contribution is -0.192. The number of aryl methyl sites for hydroxylation is 1. The second-order valence-corrected chi connectivity index (χ2v) is 11.5. The van der Waals surface area contributed by atoms with Gasteiger partial charge in [-0.25, -0.2) is 19.1 Å². The van der Waals surface area contributed by atoms with Crippen LogP contribution in [0.3, 0.4) is 0 Å². The number of rotatable bonds is 11. The summed E-state index contributed by atoms with van der Waals surface area (Å²) in [6.45, 7) is -0.499. The standard InChI is InChI=1S/C22H24N8O8S2.C2HF3O2/c1-29-21(26-27-28-29)40-9-11-8-39-18-15(17(32)30(18)16(11)20(35)36)25-14(31)6-10-2-4-12(5-3-10)24-22(37)38-7-13(23)19(33)34;3-2(4,5)1(6)7/h2-5,13,15,18H,6-9,23H2,1H3,(H,24,37)(H,25,31)(H,33,34)(H,35,36);(H,6,7)/t13-,15-,18+;/m1./s1. The zero-order valence-corrected chi connectivity index (χ0v) is 25.5. The number of aromatic nitrogens is 4. The van der Waals surface area contributed by atoms with Crippen LogP contribution in [0.2, 0.25) is 0 Å². The summed E-state index contributed by atoms with van der Waals surface area (Å²) in [5.41, 5.74) is 6.68. The number of nitrogens with zero attached hydrogens (tertiary/aromatic N) is 5. The Morgan fingerprint density at radius 1 is 1.17 bits per heavy atom. The fraction of sp³-hybridized carbons (Fsp3) is 0.375. The van der Waals surface area contributed by atoms with E-state index in [1.165, 1.54) is 45.2 Å². The van der Waals surface area contributed by atoms with Gasteiger partial charge in [0.1, 0.15) is 29.8 Å². The molecule has 0 saturated carbocycles. The molecule has 1 fully saturated rings. The predicted molar refractivity (Wildman–Crippen MR) is 154 cm³/mol. The number of carbonyl (C=O) groups excluding carboxylic acids is 3. The van der Waals surface area contributed by atoms with Gasteiger partial charge < -0.3 is 31.1 Å². The summed E-state index contributed by atoms with van der Waals surface area (Å²) >= 11 is 2.62. The number of amides is 3. The third-order valence-corrected chi connectivity index (χ3v) is 8.48. The number of nitrogens with one attached hydrogen (secondary N) is 2. The van der Waals surface area contributed by atoms with Gasteiger partial charge >= 0.3 is 30.2 Å². The number of alkyl halides is 3. The number of thioether (sulfide) groups is 2. The second-order valence-electron chi connectivity index (χ2n) is 9.43. The number of tetrazole rings is 1. The first-order valence-electron chi connectivity index (χ1n) is 12.8. The van der Waals surface area contributed by atoms with E-state index in [1.807, 2.05) is 0 Å². The highest BCUT2D eigenvalue weighted by Gasteiger charge is 2.54. The van der Waals surface area contributed by atoms with Crippen molar-refractivity contribution in [2.45, 2.75) is 35.2 Å². The number of fused-ring (bicyclic) bond motifs is 1. The van der Waals surface area contributed by atoms with Gasteiger partial charge in [-0.2, -0.15) is 13.2 Å². The molecule has 0 radical (unpaired) electrons. The molecule has 3 amide bonds. The molecule has 3 heterocycles. The molecule has 1 saturated heterocycles. The van der Waals surface area contributed by atoms with Crippen LogP contribution in [0.4, 0.5) is 23.7 Å². The fourth-order valence-electron chi connectivity index (χ4n) is 3.80. The first-order chi connectivity index (χ1) is 22.0. The second kappa shape index (κ2) is 15.6. The van der Waals surface area contributed by atoms with Crippen molar-refractivity contribution in [1.29, 1.82) is 0 Å². The molecule has 254 valence electrons. The Bertz CT molecular complexity index is 1570. The molecule has 47 heavy (non-hydrogen) atoms. The van der Waals surface area contributed by atoms with Gasteiger partial charge in [0.25, 0.3) is 5.91 Å². The first-order valence-corrected chi connectivity index (χ1v) is 14.9. The van der Waals surface area contributed by atoms with E-state index < -0.39 is 66.1 Å². The van der Waals surface area contributed by atoms with Gasteiger partial charge in [0.15, 0.2) is 0 Å². The van der Waals surface area contributed by atoms with E-state index in [2.05, 4.69) is 26.2 Å². The number of carboxylic acids is 3. The van der Waals surface area contributed by atoms with Gasteiger partial charge in [-0.15, -0.1) is 16.9 Å². The van der Waals surface area contributed by atoms with Gasteiger partial charge in [-0.1, -0.05) is 23.9 Å². The summed E-state index contributed by atoms with van der Waals surface area (Å²) in [6.07, 6.45) is -6.03. The zero-order chi connectivity index (χ0) is 35.1. The third kappa shape index (κ3) is 9.79. The Kier molecular flexibility index (Phi) is 12.1. The zero-order valence-electron chi connectivity index (χ0n) is 23.8. The molecule has 2 aliphatic heterocycles. The lowest BCUT2D eigenvalue weighted by atomic mass is 10.0. The van der Waals surface area contributed by atoms with Gasteiger partial charge in [0, 0.05) is 24.2 Å². The van der Waals surface area contributed by atoms with Crippen LogP contribution in [0, 0.1) is 0 Å². The number of carbonyl (C=O) groups is 6. The number of hydrogen-bond donors (Lipinski definition) is 6. The van der Waals surface area contributed by atoms with Gasteiger partial charge in [-0.05, 0) is 33.7 Å². The summed E-state index contributed by atoms with van der Waals surface area (Å²) in [6, 6.07) is 4.02. The highest BCUT2D eigenvalue weighted by atomic mass is 32.2. The van der Waals surface area contributed by atoms with E-state index in [4.69, 9.17) is 25.5 Å². The molecule has 7 N–H and O–H groups in total. The first kappa shape index (κ1) is 36.6. The number of aliphatic carboxylic acids is 3. The molecule has 1 aromatic heterocycles. The van der Waals surface area contributed by atoms with Gasteiger partial charge in [0.05, 0.1) is 6.42 Å². The molecular weight excluding hydrogens is 681 g/mol. The lowest BCUT2D eigenvalue weighted by Crippen LogP contribution is -2.70. The quantitative estimate of drug-likeness (QED) is 0.131. The van der Waals surface area contributed by atoms with E-state index in [-0.39, 0.29) is 17.9 Å². The maximum atomic E-state index is 12.9. The molecule has 2 aliphatic rings. The topological polar surface area (TPSA) is 269 Å². The number of halogens is 3. The normalized spacial score (nSPS) is 17.7. The largest absolute Gasteiger partial charge is 0.490 e. The highest BCUT2D eigenvalue weighted by molar-refractivity contribution is 8.01. The van der Waals surface area contributed by atoms with E-state index in [0.717, 1.165) is 0 Å². The van der Waals surface area contributed by atoms with Crippen molar-refractivity contribution >= 4 is 65.0 Å². The number of carboxylic acid groups (broad SMARTS) is 3. The molecule has 18 nitrogen and oxygen atoms in total. The Labute approximate surface area is 269 Å². The summed E-state index contributed by atoms with van der Waals surface area (Å²) < 4.78 is 37.9. The minimum absolute atomic E-state index is 0.0609. The number of benzene rings is 1. The maximum Gasteiger partial charge on any atom is 0.490 e. The van der Waals surface area contributed by atoms with Crippen molar-refractivity contribution in [3.8, 4) is 0 Å². The fourth-order valence-corrected chi connectivity index (χ4v) is 6.13. The number of nitrogens with two attached hydrogens (primary N) is 1. The molecular formula is C24H25F3N8O10S2. The van der Waals surface area contributed by atoms with Crippen LogP contribution in [-0.4, -0.2) is 118 Å². The van der Waals surface area contributed by atoms with Gasteiger partial charge in [-0.3, -0.25) is 24.6 Å². The van der Waals surface area contributed by atoms with Crippen molar-refractivity contribution in [3.05, 3.63) is 41.1 Å². The molecule has 23 heteroatoms. The van der Waals surface area contributed by atoms with Crippen LogP contribution in [-0.2, 0) is 42.2 Å². The van der Waals surface area contributed by atoms with Crippen LogP contribution in [0.25, 0.3) is 0 Å². The van der Waals surface area contributed by atoms with Crippen LogP contribution < -0.4 is 16.4 Å². The van der Waals surface area contributed by atoms with Crippen molar-refractivity contribution in [2.24, 2.45) is 12.8 Å². The maximum absolute atomic E-state index is 12.9. The number of ether oxygens (including phenoxy) is 1. The third-order valence-electron chi connectivity index (χ3n) is 6.04. The van der Waals surface area contributed by atoms with Crippen molar-refractivity contribution in [3.63, 3.8) is 0 Å². The molecule has 1 aromatic carbocycles. The van der Waals surface area contributed by atoms with Crippen LogP contribution in [0.1, 0.15) is 5.56 Å². The van der Waals surface area contributed by atoms with Crippen molar-refractivity contribution < 1.29 is 62.0 Å². The average molecular weight is 707 g/mol. The van der Waals surface area contributed by atoms with E-state index in [1.54, 1.807) is 19.2 Å². The molecule has 4 rings (SSSR count). The van der Waals surface area contributed by atoms with Crippen molar-refractivity contribution in [2.75, 3.05) is 23.4 Å². The average Bonchev–Trinajstić information content (AvgIpc) is 3.41. The van der Waals surface area contributed by atoms with E-state index in [9.17, 15) is 42.3 Å². The van der Waals surface area contributed by atoms with Crippen molar-refractivity contribution in [1.82, 2.24) is 30.4 Å². The van der Waals surface area contributed by atoms with Crippen LogP contribution >= 0.6 is 23.5 Å². The monoisotopic (exact) mass is 706 g/mol. The summed E-state index contributed by atoms with van der Waals surface area (Å²) in [5, 5.41) is 41.9. The Morgan fingerprint density at radius 2 is 1.81 bits per heavy atom. The minimum Gasteiger partial charge on any atom is -0.480 e. The Balaban J connectivity index is 0.000000771. The Hall–Kier alpha value is -4.90. The summed E-state index contributed by atoms with van der Waals surface area (Å²) in [7, 11) is 1.66. The molecule has 2 aromatic rings. The molecule has 0 bridgehead atoms. The highest BCUT2D eigenvalue weighted by Crippen LogP contribution is 2.41. The molecule has 0 spiro atoms. The smallest absolute Gasteiger partial charge is 0.480 e. The van der Waals surface area contributed by atoms with E-state index in [0.29, 0.717) is 27.7 Å².